The molecule has 224 valence electrons. The quantitative estimate of drug-likeness (QED) is 0.0732. The maximum atomic E-state index is 12.0. The second kappa shape index (κ2) is 16.5. The Kier molecular flexibility index (Phi) is 13.5. The molecule has 0 aliphatic carbocycles. The molecule has 0 bridgehead atoms. The first-order valence-electron chi connectivity index (χ1n) is 13.4. The summed E-state index contributed by atoms with van der Waals surface area (Å²) < 4.78 is 21.9. The van der Waals surface area contributed by atoms with Crippen molar-refractivity contribution in [1.82, 2.24) is 21.3 Å². The molecule has 2 unspecified atom stereocenters. The molecule has 3 fully saturated rings. The Morgan fingerprint density at radius 3 is 2.56 bits per heavy atom. The monoisotopic (exact) mass is 578 g/mol. The Morgan fingerprint density at radius 1 is 1.08 bits per heavy atom. The summed E-state index contributed by atoms with van der Waals surface area (Å²) in [5.74, 6) is 0.501. The van der Waals surface area contributed by atoms with Gasteiger partial charge in [0.05, 0.1) is 51.7 Å². The first kappa shape index (κ1) is 31.8. The molecule has 0 aromatic rings. The Balaban J connectivity index is 1.14. The number of hydrogen-bond acceptors (Lipinski definition) is 11. The van der Waals surface area contributed by atoms with Crippen LogP contribution in [-0.4, -0.2) is 133 Å². The summed E-state index contributed by atoms with van der Waals surface area (Å²) in [6.45, 7) is 2.43. The number of aliphatic hydroxyl groups is 3. The molecule has 14 nitrogen and oxygen atoms in total. The normalized spacial score (nSPS) is 31.8. The van der Waals surface area contributed by atoms with Gasteiger partial charge in [0.1, 0.15) is 24.4 Å². The lowest BCUT2D eigenvalue weighted by molar-refractivity contribution is -0.272. The number of fused-ring (bicyclic) bond motifs is 1. The third-order valence-electron chi connectivity index (χ3n) is 6.78. The zero-order valence-electron chi connectivity index (χ0n) is 22.2. The van der Waals surface area contributed by atoms with Crippen molar-refractivity contribution in [2.24, 2.45) is 0 Å². The largest absolute Gasteiger partial charge is 0.394 e. The van der Waals surface area contributed by atoms with E-state index >= 15 is 0 Å². The topological polar surface area (TPSA) is 197 Å². The summed E-state index contributed by atoms with van der Waals surface area (Å²) in [4.78, 5) is 34.9. The molecule has 3 saturated heterocycles. The standard InChI is InChI=1S/C24H42N4O10S/c1-14(30)26-20-22(33)21(32)16(12-29)38-23(20)37-11-10-36-9-8-35-7-6-25-18(31)5-3-2-4-17-19-15(13-39-17)27-24(34)28-19/h15-17,19-23,29,32-33H,2-13H2,1H3,(H,25,31)(H,26,30)(H2,27,28,34)/t15-,16?,17-,19-,20?,21+,22+,23-/m0/s1. The lowest BCUT2D eigenvalue weighted by Gasteiger charge is -2.42. The minimum atomic E-state index is -1.37. The van der Waals surface area contributed by atoms with Crippen molar-refractivity contribution < 1.29 is 48.7 Å². The highest BCUT2D eigenvalue weighted by molar-refractivity contribution is 8.00. The van der Waals surface area contributed by atoms with E-state index in [0.717, 1.165) is 25.0 Å². The number of aliphatic hydroxyl groups excluding tert-OH is 3. The maximum absolute atomic E-state index is 12.0. The molecule has 0 radical (unpaired) electrons. The molecule has 4 amide bonds. The van der Waals surface area contributed by atoms with Crippen molar-refractivity contribution in [1.29, 1.82) is 0 Å². The zero-order chi connectivity index (χ0) is 28.2. The highest BCUT2D eigenvalue weighted by Gasteiger charge is 2.45. The molecule has 0 aromatic carbocycles. The van der Waals surface area contributed by atoms with Crippen LogP contribution in [0.25, 0.3) is 0 Å². The van der Waals surface area contributed by atoms with Gasteiger partial charge < -0.3 is 55.5 Å². The lowest BCUT2D eigenvalue weighted by atomic mass is 9.97. The van der Waals surface area contributed by atoms with Crippen molar-refractivity contribution >= 4 is 29.6 Å². The molecule has 0 saturated carbocycles. The number of carbonyl (C=O) groups is 3. The van der Waals surface area contributed by atoms with Crippen LogP contribution in [0.2, 0.25) is 0 Å². The fourth-order valence-corrected chi connectivity index (χ4v) is 6.33. The summed E-state index contributed by atoms with van der Waals surface area (Å²) in [5, 5.41) is 41.2. The molecule has 3 heterocycles. The minimum Gasteiger partial charge on any atom is -0.394 e. The average molecular weight is 579 g/mol. The Morgan fingerprint density at radius 2 is 1.82 bits per heavy atom. The van der Waals surface area contributed by atoms with Gasteiger partial charge in [-0.3, -0.25) is 9.59 Å². The van der Waals surface area contributed by atoms with Crippen LogP contribution in [0.15, 0.2) is 0 Å². The van der Waals surface area contributed by atoms with E-state index < -0.39 is 43.2 Å². The second-order valence-corrected chi connectivity index (χ2v) is 11.0. The molecule has 39 heavy (non-hydrogen) atoms. The fourth-order valence-electron chi connectivity index (χ4n) is 4.78. The van der Waals surface area contributed by atoms with Crippen LogP contribution in [0.1, 0.15) is 32.6 Å². The third-order valence-corrected chi connectivity index (χ3v) is 8.29. The van der Waals surface area contributed by atoms with Crippen molar-refractivity contribution in [3.05, 3.63) is 0 Å². The third kappa shape index (κ3) is 10.0. The average Bonchev–Trinajstić information content (AvgIpc) is 3.45. The molecule has 8 atom stereocenters. The number of thioether (sulfide) groups is 1. The number of carbonyl (C=O) groups excluding carboxylic acids is 3. The Labute approximate surface area is 232 Å². The van der Waals surface area contributed by atoms with E-state index in [1.165, 1.54) is 6.92 Å². The predicted octanol–water partition coefficient (Wildman–Crippen LogP) is -2.18. The summed E-state index contributed by atoms with van der Waals surface area (Å²) in [6.07, 6.45) is -1.65. The number of urea groups is 1. The van der Waals surface area contributed by atoms with E-state index in [9.17, 15) is 29.7 Å². The smallest absolute Gasteiger partial charge is 0.315 e. The molecule has 3 aliphatic heterocycles. The van der Waals surface area contributed by atoms with Crippen LogP contribution in [0.5, 0.6) is 0 Å². The predicted molar refractivity (Wildman–Crippen MR) is 140 cm³/mol. The van der Waals surface area contributed by atoms with Crippen LogP contribution in [0, 0.1) is 0 Å². The van der Waals surface area contributed by atoms with E-state index in [1.807, 2.05) is 11.8 Å². The van der Waals surface area contributed by atoms with E-state index in [1.54, 1.807) is 0 Å². The molecule has 15 heteroatoms. The van der Waals surface area contributed by atoms with Gasteiger partial charge in [-0.15, -0.1) is 0 Å². The lowest BCUT2D eigenvalue weighted by Crippen LogP contribution is -2.64. The molecule has 3 rings (SSSR count). The van der Waals surface area contributed by atoms with E-state index in [2.05, 4.69) is 21.3 Å². The molecule has 3 aliphatic rings. The fraction of sp³-hybridized carbons (Fsp3) is 0.875. The first-order chi connectivity index (χ1) is 18.8. The summed E-state index contributed by atoms with van der Waals surface area (Å²) in [6, 6.07) is -0.656. The Bertz CT molecular complexity index is 796. The van der Waals surface area contributed by atoms with Gasteiger partial charge in [0.25, 0.3) is 0 Å². The second-order valence-electron chi connectivity index (χ2n) is 9.75. The summed E-state index contributed by atoms with van der Waals surface area (Å²) in [7, 11) is 0. The highest BCUT2D eigenvalue weighted by Crippen LogP contribution is 2.33. The van der Waals surface area contributed by atoms with Crippen molar-refractivity contribution in [2.75, 3.05) is 51.9 Å². The van der Waals surface area contributed by atoms with Gasteiger partial charge in [-0.1, -0.05) is 6.42 Å². The zero-order valence-corrected chi connectivity index (χ0v) is 23.0. The number of amides is 4. The van der Waals surface area contributed by atoms with Gasteiger partial charge in [-0.05, 0) is 12.8 Å². The maximum Gasteiger partial charge on any atom is 0.315 e. The first-order valence-corrected chi connectivity index (χ1v) is 14.5. The van der Waals surface area contributed by atoms with Crippen molar-refractivity contribution in [2.45, 2.75) is 80.6 Å². The van der Waals surface area contributed by atoms with Crippen molar-refractivity contribution in [3.8, 4) is 0 Å². The number of unbranched alkanes of at least 4 members (excludes halogenated alkanes) is 1. The van der Waals surface area contributed by atoms with Crippen LogP contribution in [0.4, 0.5) is 4.79 Å². The van der Waals surface area contributed by atoms with E-state index in [4.69, 9.17) is 18.9 Å². The number of rotatable bonds is 17. The van der Waals surface area contributed by atoms with Gasteiger partial charge in [0.2, 0.25) is 11.8 Å². The van der Waals surface area contributed by atoms with Gasteiger partial charge >= 0.3 is 6.03 Å². The Hall–Kier alpha value is -1.72. The van der Waals surface area contributed by atoms with Crippen LogP contribution >= 0.6 is 11.8 Å². The van der Waals surface area contributed by atoms with Crippen LogP contribution in [-0.2, 0) is 28.5 Å². The molecule has 7 N–H and O–H groups in total. The molecule has 0 spiro atoms. The summed E-state index contributed by atoms with van der Waals surface area (Å²) >= 11 is 1.88. The van der Waals surface area contributed by atoms with E-state index in [0.29, 0.717) is 38.0 Å². The van der Waals surface area contributed by atoms with Crippen molar-refractivity contribution in [3.63, 3.8) is 0 Å². The summed E-state index contributed by atoms with van der Waals surface area (Å²) in [5.41, 5.74) is 0. The van der Waals surface area contributed by atoms with Gasteiger partial charge in [-0.2, -0.15) is 11.8 Å². The molecular weight excluding hydrogens is 536 g/mol. The number of ether oxygens (including phenoxy) is 4. The molecular formula is C24H42N4O10S. The number of nitrogens with one attached hydrogen (secondary N) is 4. The highest BCUT2D eigenvalue weighted by atomic mass is 32.2. The minimum absolute atomic E-state index is 0.0108. The molecule has 0 aromatic heterocycles. The van der Waals surface area contributed by atoms with Gasteiger partial charge in [-0.25, -0.2) is 4.79 Å². The van der Waals surface area contributed by atoms with Crippen LogP contribution < -0.4 is 21.3 Å². The van der Waals surface area contributed by atoms with Crippen LogP contribution in [0.3, 0.4) is 0 Å². The number of hydrogen-bond donors (Lipinski definition) is 7. The van der Waals surface area contributed by atoms with Gasteiger partial charge in [0, 0.05) is 30.9 Å². The van der Waals surface area contributed by atoms with E-state index in [-0.39, 0.29) is 37.2 Å². The van der Waals surface area contributed by atoms with Gasteiger partial charge in [0.15, 0.2) is 6.29 Å². The SMILES string of the molecule is CC(=O)NC1[C@@H](OCCOCCOCCNC(=O)CCCC[C@@H]2SC[C@@H]3NC(=O)N[C@@H]32)OC(CO)[C@@H](O)[C@@H]1O.